The SMILES string of the molecule is CC[C@@]1(C)NC(=O)N2C1=NC(=N)[C@@]2(C)CC. The van der Waals surface area contributed by atoms with Crippen LogP contribution in [-0.2, 0) is 0 Å². The minimum atomic E-state index is -0.577. The zero-order chi connectivity index (χ0) is 12.1. The number of carbonyl (C=O) groups is 1. The Bertz CT molecular complexity index is 403. The fourth-order valence-corrected chi connectivity index (χ4v) is 2.23. The van der Waals surface area contributed by atoms with Gasteiger partial charge in [0.1, 0.15) is 17.2 Å². The fourth-order valence-electron chi connectivity index (χ4n) is 2.23. The average Bonchev–Trinajstić information content (AvgIpc) is 2.66. The van der Waals surface area contributed by atoms with Crippen molar-refractivity contribution in [2.45, 2.75) is 51.6 Å². The molecule has 1 saturated heterocycles. The molecule has 5 nitrogen and oxygen atoms in total. The van der Waals surface area contributed by atoms with Crippen molar-refractivity contribution in [1.29, 1.82) is 5.41 Å². The Hall–Kier alpha value is -1.39. The summed E-state index contributed by atoms with van der Waals surface area (Å²) in [6, 6.07) is -0.130. The summed E-state index contributed by atoms with van der Waals surface area (Å²) in [7, 11) is 0. The second-order valence-corrected chi connectivity index (χ2v) is 4.86. The number of amides is 2. The molecule has 0 aromatic heterocycles. The largest absolute Gasteiger partial charge is 0.325 e. The molecule has 0 aromatic carbocycles. The fraction of sp³-hybridized carbons (Fsp3) is 0.727. The van der Waals surface area contributed by atoms with Gasteiger partial charge in [0.05, 0.1) is 5.54 Å². The molecular weight excluding hydrogens is 204 g/mol. The molecule has 1 fully saturated rings. The van der Waals surface area contributed by atoms with E-state index in [1.807, 2.05) is 27.7 Å². The van der Waals surface area contributed by atoms with Crippen molar-refractivity contribution >= 4 is 17.7 Å². The predicted molar refractivity (Wildman–Crippen MR) is 62.9 cm³/mol. The van der Waals surface area contributed by atoms with E-state index in [9.17, 15) is 4.79 Å². The Balaban J connectivity index is 2.51. The van der Waals surface area contributed by atoms with Gasteiger partial charge in [-0.3, -0.25) is 10.3 Å². The lowest BCUT2D eigenvalue weighted by atomic mass is 9.95. The molecule has 16 heavy (non-hydrogen) atoms. The van der Waals surface area contributed by atoms with Gasteiger partial charge in [-0.1, -0.05) is 13.8 Å². The number of hydrogen-bond donors (Lipinski definition) is 2. The van der Waals surface area contributed by atoms with E-state index in [1.165, 1.54) is 0 Å². The van der Waals surface area contributed by atoms with Gasteiger partial charge in [-0.2, -0.15) is 0 Å². The van der Waals surface area contributed by atoms with Crippen LogP contribution in [0, 0.1) is 5.41 Å². The average molecular weight is 222 g/mol. The zero-order valence-electron chi connectivity index (χ0n) is 10.2. The van der Waals surface area contributed by atoms with Crippen LogP contribution < -0.4 is 5.32 Å². The number of amidine groups is 2. The van der Waals surface area contributed by atoms with E-state index in [2.05, 4.69) is 10.3 Å². The quantitative estimate of drug-likeness (QED) is 0.734. The Morgan fingerprint density at radius 2 is 2.00 bits per heavy atom. The number of aliphatic imine (C=N–C) groups is 1. The highest BCUT2D eigenvalue weighted by molar-refractivity contribution is 6.21. The maximum Gasteiger partial charge on any atom is 0.324 e. The molecule has 2 atom stereocenters. The minimum Gasteiger partial charge on any atom is -0.325 e. The monoisotopic (exact) mass is 222 g/mol. The van der Waals surface area contributed by atoms with Gasteiger partial charge < -0.3 is 5.32 Å². The molecule has 0 aliphatic carbocycles. The van der Waals surface area contributed by atoms with Crippen LogP contribution in [0.2, 0.25) is 0 Å². The molecule has 2 aliphatic rings. The summed E-state index contributed by atoms with van der Waals surface area (Å²) in [4.78, 5) is 17.9. The third kappa shape index (κ3) is 1.08. The third-order valence-electron chi connectivity index (χ3n) is 3.91. The van der Waals surface area contributed by atoms with E-state index in [4.69, 9.17) is 5.41 Å². The number of nitrogens with one attached hydrogen (secondary N) is 2. The molecule has 2 amide bonds. The molecule has 0 bridgehead atoms. The Morgan fingerprint density at radius 1 is 1.38 bits per heavy atom. The van der Waals surface area contributed by atoms with Gasteiger partial charge in [-0.25, -0.2) is 9.79 Å². The van der Waals surface area contributed by atoms with Crippen molar-refractivity contribution in [1.82, 2.24) is 10.2 Å². The number of rotatable bonds is 2. The van der Waals surface area contributed by atoms with Gasteiger partial charge in [0.15, 0.2) is 0 Å². The molecule has 0 radical (unpaired) electrons. The number of carbonyl (C=O) groups excluding carboxylic acids is 1. The van der Waals surface area contributed by atoms with Gasteiger partial charge in [0.2, 0.25) is 0 Å². The van der Waals surface area contributed by atoms with Crippen LogP contribution in [0.4, 0.5) is 4.79 Å². The maximum atomic E-state index is 12.0. The zero-order valence-corrected chi connectivity index (χ0v) is 10.2. The Labute approximate surface area is 95.4 Å². The van der Waals surface area contributed by atoms with Crippen LogP contribution >= 0.6 is 0 Å². The van der Waals surface area contributed by atoms with E-state index in [-0.39, 0.29) is 6.03 Å². The Morgan fingerprint density at radius 3 is 2.50 bits per heavy atom. The highest BCUT2D eigenvalue weighted by Gasteiger charge is 2.56. The van der Waals surface area contributed by atoms with Gasteiger partial charge >= 0.3 is 6.03 Å². The molecule has 2 heterocycles. The summed E-state index contributed by atoms with van der Waals surface area (Å²) < 4.78 is 0. The molecule has 88 valence electrons. The number of urea groups is 1. The van der Waals surface area contributed by atoms with Gasteiger partial charge in [-0.05, 0) is 26.7 Å². The van der Waals surface area contributed by atoms with Crippen molar-refractivity contribution in [3.8, 4) is 0 Å². The topological polar surface area (TPSA) is 68.6 Å². The van der Waals surface area contributed by atoms with Crippen LogP contribution in [0.3, 0.4) is 0 Å². The van der Waals surface area contributed by atoms with Crippen LogP contribution in [0.15, 0.2) is 4.99 Å². The summed E-state index contributed by atoms with van der Waals surface area (Å²) in [6.07, 6.45) is 1.48. The van der Waals surface area contributed by atoms with Crippen molar-refractivity contribution in [2.24, 2.45) is 4.99 Å². The van der Waals surface area contributed by atoms with Gasteiger partial charge in [0.25, 0.3) is 0 Å². The van der Waals surface area contributed by atoms with Crippen LogP contribution in [-0.4, -0.2) is 33.7 Å². The molecule has 0 saturated carbocycles. The lowest BCUT2D eigenvalue weighted by molar-refractivity contribution is 0.208. The van der Waals surface area contributed by atoms with E-state index in [0.717, 1.165) is 6.42 Å². The van der Waals surface area contributed by atoms with Crippen LogP contribution in [0.25, 0.3) is 0 Å². The molecule has 0 aromatic rings. The molecule has 2 aliphatic heterocycles. The Kier molecular flexibility index (Phi) is 2.12. The standard InChI is InChI=1S/C11H18N4O/c1-5-10(3)8-13-7(12)11(4,6-2)15(8)9(16)14-10/h12H,5-6H2,1-4H3,(H,14,16)/t10-,11-/m1/s1. The van der Waals surface area contributed by atoms with E-state index >= 15 is 0 Å². The summed E-state index contributed by atoms with van der Waals surface area (Å²) in [5.41, 5.74) is -0.997. The van der Waals surface area contributed by atoms with E-state index in [0.29, 0.717) is 18.1 Å². The maximum absolute atomic E-state index is 12.0. The lowest BCUT2D eigenvalue weighted by Crippen LogP contribution is -2.49. The summed E-state index contributed by atoms with van der Waals surface area (Å²) in [5.74, 6) is 0.994. The molecule has 0 unspecified atom stereocenters. The summed E-state index contributed by atoms with van der Waals surface area (Å²) in [6.45, 7) is 7.84. The van der Waals surface area contributed by atoms with Gasteiger partial charge in [-0.15, -0.1) is 0 Å². The minimum absolute atomic E-state index is 0.130. The number of nitrogens with zero attached hydrogens (tertiary/aromatic N) is 2. The second-order valence-electron chi connectivity index (χ2n) is 4.86. The summed E-state index contributed by atoms with van der Waals surface area (Å²) >= 11 is 0. The van der Waals surface area contributed by atoms with E-state index < -0.39 is 11.1 Å². The van der Waals surface area contributed by atoms with Crippen molar-refractivity contribution in [2.75, 3.05) is 0 Å². The molecule has 2 N–H and O–H groups in total. The first-order valence-electron chi connectivity index (χ1n) is 5.69. The first-order valence-corrected chi connectivity index (χ1v) is 5.69. The van der Waals surface area contributed by atoms with Gasteiger partial charge in [0, 0.05) is 0 Å². The van der Waals surface area contributed by atoms with Crippen molar-refractivity contribution < 1.29 is 4.79 Å². The molecule has 2 rings (SSSR count). The normalized spacial score (nSPS) is 37.5. The summed E-state index contributed by atoms with van der Waals surface area (Å²) in [5, 5.41) is 10.9. The number of hydrogen-bond acceptors (Lipinski definition) is 2. The molecule has 5 heteroatoms. The van der Waals surface area contributed by atoms with Crippen LogP contribution in [0.5, 0.6) is 0 Å². The first kappa shape index (κ1) is 11.1. The van der Waals surface area contributed by atoms with Crippen molar-refractivity contribution in [3.05, 3.63) is 0 Å². The number of fused-ring (bicyclic) bond motifs is 1. The molecular formula is C11H18N4O. The third-order valence-corrected chi connectivity index (χ3v) is 3.91. The molecule has 0 spiro atoms. The highest BCUT2D eigenvalue weighted by Crippen LogP contribution is 2.36. The van der Waals surface area contributed by atoms with E-state index in [1.54, 1.807) is 4.90 Å². The highest BCUT2D eigenvalue weighted by atomic mass is 16.2. The van der Waals surface area contributed by atoms with Crippen molar-refractivity contribution in [3.63, 3.8) is 0 Å². The smallest absolute Gasteiger partial charge is 0.324 e. The van der Waals surface area contributed by atoms with Crippen LogP contribution in [0.1, 0.15) is 40.5 Å². The predicted octanol–water partition coefficient (Wildman–Crippen LogP) is 1.74. The lowest BCUT2D eigenvalue weighted by Gasteiger charge is -2.30. The second kappa shape index (κ2) is 3.06. The first-order chi connectivity index (χ1) is 7.39.